The molecule has 130 valence electrons. The maximum Gasteiger partial charge on any atom is 0.335 e. The number of hydrogen-bond donors (Lipinski definition) is 2. The van der Waals surface area contributed by atoms with Gasteiger partial charge in [-0.25, -0.2) is 9.18 Å². The Kier molecular flexibility index (Phi) is 4.83. The van der Waals surface area contributed by atoms with E-state index in [0.29, 0.717) is 23.5 Å². The molecule has 6 nitrogen and oxygen atoms in total. The van der Waals surface area contributed by atoms with E-state index in [1.807, 2.05) is 0 Å². The van der Waals surface area contributed by atoms with Crippen molar-refractivity contribution < 1.29 is 28.6 Å². The van der Waals surface area contributed by atoms with Crippen LogP contribution in [-0.4, -0.2) is 36.2 Å². The summed E-state index contributed by atoms with van der Waals surface area (Å²) in [6.07, 6.45) is -0.345. The van der Waals surface area contributed by atoms with Gasteiger partial charge in [0.15, 0.2) is 6.10 Å². The zero-order valence-electron chi connectivity index (χ0n) is 13.2. The molecule has 0 spiro atoms. The van der Waals surface area contributed by atoms with E-state index in [9.17, 15) is 14.0 Å². The van der Waals surface area contributed by atoms with Crippen LogP contribution in [-0.2, 0) is 11.2 Å². The number of aromatic carboxylic acids is 1. The number of ether oxygens (including phenoxy) is 2. The number of carboxylic acid groups (broad SMARTS) is 1. The van der Waals surface area contributed by atoms with Gasteiger partial charge in [-0.1, -0.05) is 0 Å². The maximum absolute atomic E-state index is 13.2. The molecule has 2 N–H and O–H groups in total. The van der Waals surface area contributed by atoms with Crippen LogP contribution in [0, 0.1) is 5.82 Å². The molecule has 0 bridgehead atoms. The summed E-state index contributed by atoms with van der Waals surface area (Å²) < 4.78 is 24.1. The highest BCUT2D eigenvalue weighted by Crippen LogP contribution is 2.29. The molecular weight excluding hydrogens is 329 g/mol. The first kappa shape index (κ1) is 16.8. The minimum atomic E-state index is -1.00. The first-order valence-electron chi connectivity index (χ1n) is 7.72. The van der Waals surface area contributed by atoms with Gasteiger partial charge in [-0.3, -0.25) is 4.79 Å². The quantitative estimate of drug-likeness (QED) is 0.783. The van der Waals surface area contributed by atoms with E-state index in [1.54, 1.807) is 12.1 Å². The van der Waals surface area contributed by atoms with Gasteiger partial charge in [0.25, 0.3) is 5.91 Å². The van der Waals surface area contributed by atoms with E-state index in [1.165, 1.54) is 30.3 Å². The van der Waals surface area contributed by atoms with E-state index in [4.69, 9.17) is 14.6 Å². The number of carbonyl (C=O) groups is 2. The molecule has 1 atom stereocenters. The summed E-state index contributed by atoms with van der Waals surface area (Å²) in [7, 11) is 0. The molecule has 2 aromatic rings. The van der Waals surface area contributed by atoms with E-state index in [2.05, 4.69) is 5.32 Å². The van der Waals surface area contributed by atoms with Crippen molar-refractivity contribution in [3.8, 4) is 11.5 Å². The minimum absolute atomic E-state index is 0.176. The van der Waals surface area contributed by atoms with Gasteiger partial charge in [0.1, 0.15) is 23.9 Å². The van der Waals surface area contributed by atoms with Crippen molar-refractivity contribution in [3.05, 3.63) is 59.4 Å². The number of amides is 1. The molecule has 1 aliphatic rings. The molecule has 1 amide bonds. The zero-order valence-corrected chi connectivity index (χ0v) is 13.2. The van der Waals surface area contributed by atoms with Crippen LogP contribution in [0.25, 0.3) is 0 Å². The summed E-state index contributed by atoms with van der Waals surface area (Å²) >= 11 is 0. The van der Waals surface area contributed by atoms with Gasteiger partial charge < -0.3 is 19.9 Å². The van der Waals surface area contributed by atoms with Crippen molar-refractivity contribution in [1.82, 2.24) is 5.32 Å². The second kappa shape index (κ2) is 7.21. The Labute approximate surface area is 143 Å². The van der Waals surface area contributed by atoms with Gasteiger partial charge in [0.2, 0.25) is 0 Å². The maximum atomic E-state index is 13.2. The van der Waals surface area contributed by atoms with Crippen LogP contribution >= 0.6 is 0 Å². The fourth-order valence-corrected chi connectivity index (χ4v) is 2.51. The highest BCUT2D eigenvalue weighted by Gasteiger charge is 2.29. The fraction of sp³-hybridized carbons (Fsp3) is 0.222. The molecule has 25 heavy (non-hydrogen) atoms. The van der Waals surface area contributed by atoms with Gasteiger partial charge in [0, 0.05) is 12.0 Å². The number of carbonyl (C=O) groups excluding carboxylic acids is 1. The Bertz CT molecular complexity index is 791. The number of nitrogens with one attached hydrogen (secondary N) is 1. The Morgan fingerprint density at radius 3 is 2.72 bits per heavy atom. The van der Waals surface area contributed by atoms with Gasteiger partial charge in [-0.05, 0) is 42.5 Å². The lowest BCUT2D eigenvalue weighted by Gasteiger charge is -2.12. The Hall–Kier alpha value is -3.09. The molecule has 1 unspecified atom stereocenters. The van der Waals surface area contributed by atoms with Crippen LogP contribution in [0.2, 0.25) is 0 Å². The molecular formula is C18H16FNO5. The number of carboxylic acids is 1. The largest absolute Gasteiger partial charge is 0.492 e. The molecule has 0 fully saturated rings. The monoisotopic (exact) mass is 345 g/mol. The SMILES string of the molecule is O=C(O)c1ccc(OCCNC(=O)C2Cc3cc(F)ccc3O2)cc1. The minimum Gasteiger partial charge on any atom is -0.492 e. The molecule has 0 aromatic heterocycles. The third-order valence-electron chi connectivity index (χ3n) is 3.76. The highest BCUT2D eigenvalue weighted by atomic mass is 19.1. The second-order valence-electron chi connectivity index (χ2n) is 5.53. The van der Waals surface area contributed by atoms with E-state index in [0.717, 1.165) is 0 Å². The van der Waals surface area contributed by atoms with Crippen LogP contribution < -0.4 is 14.8 Å². The number of benzene rings is 2. The average Bonchev–Trinajstić information content (AvgIpc) is 3.02. The van der Waals surface area contributed by atoms with Crippen molar-refractivity contribution in [2.45, 2.75) is 12.5 Å². The van der Waals surface area contributed by atoms with Crippen LogP contribution in [0.4, 0.5) is 4.39 Å². The second-order valence-corrected chi connectivity index (χ2v) is 5.53. The molecule has 0 saturated heterocycles. The van der Waals surface area contributed by atoms with Gasteiger partial charge >= 0.3 is 5.97 Å². The molecule has 7 heteroatoms. The first-order chi connectivity index (χ1) is 12.0. The number of halogens is 1. The average molecular weight is 345 g/mol. The van der Waals surface area contributed by atoms with Crippen LogP contribution in [0.5, 0.6) is 11.5 Å². The van der Waals surface area contributed by atoms with E-state index in [-0.39, 0.29) is 30.4 Å². The van der Waals surface area contributed by atoms with Gasteiger partial charge in [-0.15, -0.1) is 0 Å². The highest BCUT2D eigenvalue weighted by molar-refractivity contribution is 5.87. The molecule has 1 heterocycles. The summed E-state index contributed by atoms with van der Waals surface area (Å²) in [5.74, 6) is -0.612. The molecule has 0 aliphatic carbocycles. The number of hydrogen-bond acceptors (Lipinski definition) is 4. The summed E-state index contributed by atoms with van der Waals surface area (Å²) in [4.78, 5) is 22.8. The topological polar surface area (TPSA) is 84.9 Å². The summed E-state index contributed by atoms with van der Waals surface area (Å²) in [5, 5.41) is 11.5. The van der Waals surface area contributed by atoms with Gasteiger partial charge in [-0.2, -0.15) is 0 Å². The van der Waals surface area contributed by atoms with Crippen molar-refractivity contribution in [2.24, 2.45) is 0 Å². The first-order valence-corrected chi connectivity index (χ1v) is 7.72. The lowest BCUT2D eigenvalue weighted by Crippen LogP contribution is -2.39. The van der Waals surface area contributed by atoms with Crippen molar-refractivity contribution in [3.63, 3.8) is 0 Å². The summed E-state index contributed by atoms with van der Waals surface area (Å²) in [6.45, 7) is 0.497. The summed E-state index contributed by atoms with van der Waals surface area (Å²) in [5.41, 5.74) is 0.852. The smallest absolute Gasteiger partial charge is 0.335 e. The zero-order chi connectivity index (χ0) is 17.8. The van der Waals surface area contributed by atoms with Crippen LogP contribution in [0.1, 0.15) is 15.9 Å². The lowest BCUT2D eigenvalue weighted by atomic mass is 10.1. The number of rotatable bonds is 6. The molecule has 0 saturated carbocycles. The lowest BCUT2D eigenvalue weighted by molar-refractivity contribution is -0.127. The van der Waals surface area contributed by atoms with Crippen LogP contribution in [0.15, 0.2) is 42.5 Å². The van der Waals surface area contributed by atoms with Crippen molar-refractivity contribution >= 4 is 11.9 Å². The normalized spacial score (nSPS) is 15.2. The van der Waals surface area contributed by atoms with E-state index >= 15 is 0 Å². The number of fused-ring (bicyclic) bond motifs is 1. The predicted molar refractivity (Wildman–Crippen MR) is 86.4 cm³/mol. The van der Waals surface area contributed by atoms with Crippen molar-refractivity contribution in [1.29, 1.82) is 0 Å². The van der Waals surface area contributed by atoms with Crippen molar-refractivity contribution in [2.75, 3.05) is 13.2 Å². The summed E-state index contributed by atoms with van der Waals surface area (Å²) in [6, 6.07) is 10.2. The Morgan fingerprint density at radius 1 is 1.24 bits per heavy atom. The Morgan fingerprint density at radius 2 is 2.00 bits per heavy atom. The standard InChI is InChI=1S/C18H16FNO5/c19-13-3-6-15-12(9-13)10-16(25-15)17(21)20-7-8-24-14-4-1-11(2-5-14)18(22)23/h1-6,9,16H,7-8,10H2,(H,20,21)(H,22,23). The fourth-order valence-electron chi connectivity index (χ4n) is 2.51. The Balaban J connectivity index is 1.42. The predicted octanol–water partition coefficient (Wildman–Crippen LogP) is 2.02. The van der Waals surface area contributed by atoms with E-state index < -0.39 is 12.1 Å². The molecule has 0 radical (unpaired) electrons. The molecule has 3 rings (SSSR count). The third-order valence-corrected chi connectivity index (χ3v) is 3.76. The van der Waals surface area contributed by atoms with Crippen LogP contribution in [0.3, 0.4) is 0 Å². The third kappa shape index (κ3) is 4.06. The molecule has 2 aromatic carbocycles. The molecule has 1 aliphatic heterocycles. The van der Waals surface area contributed by atoms with Gasteiger partial charge in [0.05, 0.1) is 12.1 Å².